The summed E-state index contributed by atoms with van der Waals surface area (Å²) in [7, 11) is 1.45. The first-order valence-electron chi connectivity index (χ1n) is 12.0. The fraction of sp³-hybridized carbons (Fsp3) is 0.429. The van der Waals surface area contributed by atoms with Crippen LogP contribution in [-0.4, -0.2) is 47.1 Å². The summed E-state index contributed by atoms with van der Waals surface area (Å²) in [6, 6.07) is 9.20. The Morgan fingerprint density at radius 1 is 1.06 bits per heavy atom. The number of phenolic OH excluding ortho intramolecular Hbond substituents is 1. The van der Waals surface area contributed by atoms with Crippen LogP contribution in [-0.2, 0) is 15.0 Å². The molecule has 1 aliphatic heterocycles. The lowest BCUT2D eigenvalue weighted by Crippen LogP contribution is -2.30. The van der Waals surface area contributed by atoms with E-state index in [0.29, 0.717) is 36.4 Å². The Bertz CT molecular complexity index is 1140. The van der Waals surface area contributed by atoms with Crippen molar-refractivity contribution >= 4 is 17.4 Å². The Morgan fingerprint density at radius 2 is 1.74 bits per heavy atom. The highest BCUT2D eigenvalue weighted by atomic mass is 16.5. The van der Waals surface area contributed by atoms with E-state index in [1.165, 1.54) is 18.1 Å². The van der Waals surface area contributed by atoms with Gasteiger partial charge < -0.3 is 24.6 Å². The molecule has 0 bridgehead atoms. The second-order valence-electron chi connectivity index (χ2n) is 9.67. The fourth-order valence-corrected chi connectivity index (χ4v) is 4.36. The van der Waals surface area contributed by atoms with Crippen molar-refractivity contribution in [3.63, 3.8) is 0 Å². The van der Waals surface area contributed by atoms with E-state index in [1.54, 1.807) is 24.3 Å². The Balaban J connectivity index is 2.22. The monoisotopic (exact) mass is 481 g/mol. The number of methoxy groups -OCH3 is 1. The lowest BCUT2D eigenvalue weighted by Gasteiger charge is -2.26. The number of benzene rings is 2. The molecule has 7 nitrogen and oxygen atoms in total. The van der Waals surface area contributed by atoms with Gasteiger partial charge in [-0.1, -0.05) is 40.2 Å². The summed E-state index contributed by atoms with van der Waals surface area (Å²) in [4.78, 5) is 27.7. The first kappa shape index (κ1) is 26.1. The van der Waals surface area contributed by atoms with Crippen molar-refractivity contribution in [1.29, 1.82) is 0 Å². The van der Waals surface area contributed by atoms with E-state index in [-0.39, 0.29) is 28.2 Å². The van der Waals surface area contributed by atoms with Gasteiger partial charge in [0.25, 0.3) is 11.7 Å². The number of ketones is 1. The number of Topliss-reactive ketones (excluding diaryl/α,β-unsaturated/α-hetero) is 1. The van der Waals surface area contributed by atoms with Gasteiger partial charge in [0, 0.05) is 17.7 Å². The van der Waals surface area contributed by atoms with Gasteiger partial charge in [-0.3, -0.25) is 9.59 Å². The number of aromatic hydroxyl groups is 1. The summed E-state index contributed by atoms with van der Waals surface area (Å²) >= 11 is 0. The molecule has 2 N–H and O–H groups in total. The number of carbonyl (C=O) groups excluding carboxylic acids is 2. The Morgan fingerprint density at radius 3 is 2.31 bits per heavy atom. The quantitative estimate of drug-likeness (QED) is 0.301. The summed E-state index contributed by atoms with van der Waals surface area (Å²) in [5.41, 5.74) is 1.54. The molecule has 1 fully saturated rings. The minimum atomic E-state index is -0.831. The minimum absolute atomic E-state index is 0.000288. The van der Waals surface area contributed by atoms with Crippen LogP contribution >= 0.6 is 0 Å². The van der Waals surface area contributed by atoms with E-state index in [2.05, 4.69) is 0 Å². The van der Waals surface area contributed by atoms with Crippen molar-refractivity contribution in [3.8, 4) is 17.2 Å². The molecule has 2 aromatic carbocycles. The van der Waals surface area contributed by atoms with Crippen molar-refractivity contribution < 1.29 is 29.3 Å². The van der Waals surface area contributed by atoms with Crippen LogP contribution in [0.3, 0.4) is 0 Å². The summed E-state index contributed by atoms with van der Waals surface area (Å²) in [6.45, 7) is 10.9. The number of carbonyl (C=O) groups is 2. The van der Waals surface area contributed by atoms with Crippen molar-refractivity contribution in [2.75, 3.05) is 20.3 Å². The number of ether oxygens (including phenoxy) is 2. The van der Waals surface area contributed by atoms with Crippen LogP contribution < -0.4 is 9.47 Å². The highest BCUT2D eigenvalue weighted by molar-refractivity contribution is 6.46. The topological polar surface area (TPSA) is 96.3 Å². The van der Waals surface area contributed by atoms with E-state index in [4.69, 9.17) is 9.47 Å². The zero-order chi connectivity index (χ0) is 25.9. The molecule has 0 aromatic heterocycles. The van der Waals surface area contributed by atoms with Crippen LogP contribution in [0, 0.1) is 0 Å². The molecule has 0 aliphatic carbocycles. The molecule has 35 heavy (non-hydrogen) atoms. The molecule has 0 radical (unpaired) electrons. The van der Waals surface area contributed by atoms with Crippen molar-refractivity contribution in [2.24, 2.45) is 0 Å². The van der Waals surface area contributed by atoms with Gasteiger partial charge in [0.2, 0.25) is 0 Å². The smallest absolute Gasteiger partial charge is 0.295 e. The van der Waals surface area contributed by atoms with Crippen molar-refractivity contribution in [3.05, 3.63) is 58.7 Å². The SMILES string of the molecule is CCCCN1C(=O)C(=O)/C(=C(\O)c2ccc(OCC)c(C(C)(C)C)c2)C1c1ccc(OC)c(O)c1. The maximum atomic E-state index is 13.2. The van der Waals surface area contributed by atoms with Crippen molar-refractivity contribution in [2.45, 2.75) is 58.9 Å². The lowest BCUT2D eigenvalue weighted by atomic mass is 9.84. The van der Waals surface area contributed by atoms with E-state index in [0.717, 1.165) is 12.0 Å². The normalized spacial score (nSPS) is 17.7. The molecule has 3 rings (SSSR count). The number of hydrogen-bond donors (Lipinski definition) is 2. The molecular weight excluding hydrogens is 446 g/mol. The number of phenols is 1. The molecule has 1 heterocycles. The van der Waals surface area contributed by atoms with E-state index in [9.17, 15) is 19.8 Å². The average Bonchev–Trinajstić information content (AvgIpc) is 3.06. The maximum absolute atomic E-state index is 13.2. The molecule has 188 valence electrons. The van der Waals surface area contributed by atoms with E-state index in [1.807, 2.05) is 40.7 Å². The molecule has 0 saturated carbocycles. The number of aliphatic hydroxyl groups is 1. The minimum Gasteiger partial charge on any atom is -0.507 e. The molecule has 1 saturated heterocycles. The Hall–Kier alpha value is -3.48. The van der Waals surface area contributed by atoms with Gasteiger partial charge in [0.15, 0.2) is 11.5 Å². The third kappa shape index (κ3) is 5.14. The van der Waals surface area contributed by atoms with Crippen LogP contribution in [0.2, 0.25) is 0 Å². The fourth-order valence-electron chi connectivity index (χ4n) is 4.36. The molecule has 1 amide bonds. The number of hydrogen-bond acceptors (Lipinski definition) is 6. The standard InChI is InChI=1S/C28H35NO6/c1-7-9-14-29-24(17-10-13-22(34-6)20(30)16-17)23(26(32)27(29)33)25(31)18-11-12-21(35-8-2)19(15-18)28(3,4)5/h10-13,15-16,24,30-31H,7-9,14H2,1-6H3/b25-23-. The zero-order valence-electron chi connectivity index (χ0n) is 21.3. The predicted octanol–water partition coefficient (Wildman–Crippen LogP) is 5.32. The van der Waals surface area contributed by atoms with Crippen LogP contribution in [0.25, 0.3) is 5.76 Å². The molecule has 1 unspecified atom stereocenters. The summed E-state index contributed by atoms with van der Waals surface area (Å²) < 4.78 is 10.9. The van der Waals surface area contributed by atoms with Gasteiger partial charge >= 0.3 is 0 Å². The van der Waals surface area contributed by atoms with E-state index < -0.39 is 17.7 Å². The largest absolute Gasteiger partial charge is 0.507 e. The number of amides is 1. The third-order valence-electron chi connectivity index (χ3n) is 6.17. The summed E-state index contributed by atoms with van der Waals surface area (Å²) in [6.07, 6.45) is 1.53. The number of unbranched alkanes of at least 4 members (excludes halogenated alkanes) is 1. The van der Waals surface area contributed by atoms with E-state index >= 15 is 0 Å². The Kier molecular flexibility index (Phi) is 7.78. The number of likely N-dealkylation sites (tertiary alicyclic amines) is 1. The Labute approximate surface area is 207 Å². The third-order valence-corrected chi connectivity index (χ3v) is 6.17. The summed E-state index contributed by atoms with van der Waals surface area (Å²) in [5.74, 6) is -0.789. The number of nitrogens with zero attached hydrogens (tertiary/aromatic N) is 1. The van der Waals surface area contributed by atoms with Gasteiger partial charge in [-0.2, -0.15) is 0 Å². The first-order valence-corrected chi connectivity index (χ1v) is 12.0. The lowest BCUT2D eigenvalue weighted by molar-refractivity contribution is -0.139. The van der Waals surface area contributed by atoms with Crippen LogP contribution in [0.1, 0.15) is 70.2 Å². The number of rotatable bonds is 8. The van der Waals surface area contributed by atoms with Gasteiger partial charge in [-0.25, -0.2) is 0 Å². The molecule has 1 aliphatic rings. The van der Waals surface area contributed by atoms with Gasteiger partial charge in [0.05, 0.1) is 25.3 Å². The molecule has 7 heteroatoms. The van der Waals surface area contributed by atoms with Crippen LogP contribution in [0.5, 0.6) is 17.2 Å². The molecule has 1 atom stereocenters. The highest BCUT2D eigenvalue weighted by Gasteiger charge is 2.46. The average molecular weight is 482 g/mol. The maximum Gasteiger partial charge on any atom is 0.295 e. The molecule has 2 aromatic rings. The predicted molar refractivity (Wildman–Crippen MR) is 135 cm³/mol. The highest BCUT2D eigenvalue weighted by Crippen LogP contribution is 2.43. The van der Waals surface area contributed by atoms with Gasteiger partial charge in [0.1, 0.15) is 11.5 Å². The molecular formula is C28H35NO6. The van der Waals surface area contributed by atoms with Gasteiger partial charge in [-0.15, -0.1) is 0 Å². The van der Waals surface area contributed by atoms with Crippen molar-refractivity contribution in [1.82, 2.24) is 4.90 Å². The first-order chi connectivity index (χ1) is 16.5. The van der Waals surface area contributed by atoms with Crippen LogP contribution in [0.15, 0.2) is 42.0 Å². The van der Waals surface area contributed by atoms with Crippen LogP contribution in [0.4, 0.5) is 0 Å². The number of aliphatic hydroxyl groups excluding tert-OH is 1. The molecule has 0 spiro atoms. The summed E-state index contributed by atoms with van der Waals surface area (Å²) in [5, 5.41) is 21.8. The zero-order valence-corrected chi connectivity index (χ0v) is 21.3. The second kappa shape index (κ2) is 10.4. The second-order valence-corrected chi connectivity index (χ2v) is 9.67. The van der Waals surface area contributed by atoms with Gasteiger partial charge in [-0.05, 0) is 54.7 Å².